The topological polar surface area (TPSA) is 38.9 Å². The number of alkyl halides is 1. The van der Waals surface area contributed by atoms with Crippen LogP contribution in [0.5, 0.6) is 0 Å². The minimum Gasteiger partial charge on any atom is -0.384 e. The summed E-state index contributed by atoms with van der Waals surface area (Å²) >= 11 is 5.53. The van der Waals surface area contributed by atoms with Crippen LogP contribution in [0.4, 0.5) is 5.82 Å². The average molecular weight is 221 g/mol. The predicted octanol–water partition coefficient (Wildman–Crippen LogP) is 3.09. The van der Waals surface area contributed by atoms with E-state index in [2.05, 4.69) is 4.98 Å². The second-order valence-corrected chi connectivity index (χ2v) is 3.14. The van der Waals surface area contributed by atoms with Gasteiger partial charge in [-0.3, -0.25) is 0 Å². The molecule has 0 spiro atoms. The smallest absolute Gasteiger partial charge is 0.123 e. The second-order valence-electron chi connectivity index (χ2n) is 2.87. The van der Waals surface area contributed by atoms with Crippen molar-refractivity contribution < 1.29 is 0 Å². The Bertz CT molecular complexity index is 362. The Hall–Kier alpha value is -1.54. The molecule has 0 amide bonds. The largest absolute Gasteiger partial charge is 0.384 e. The lowest BCUT2D eigenvalue weighted by atomic mass is 10.2. The Labute approximate surface area is 94.7 Å². The van der Waals surface area contributed by atoms with Gasteiger partial charge in [0, 0.05) is 12.1 Å². The molecule has 0 saturated carbocycles. The Morgan fingerprint density at radius 1 is 1.00 bits per heavy atom. The van der Waals surface area contributed by atoms with Crippen LogP contribution in [0, 0.1) is 0 Å². The molecule has 1 aromatic heterocycles. The number of halogens is 1. The van der Waals surface area contributed by atoms with Crippen molar-refractivity contribution in [2.45, 2.75) is 5.88 Å². The van der Waals surface area contributed by atoms with Gasteiger partial charge in [-0.1, -0.05) is 36.4 Å². The number of anilines is 1. The van der Waals surface area contributed by atoms with Crippen molar-refractivity contribution in [1.82, 2.24) is 4.98 Å². The van der Waals surface area contributed by atoms with Gasteiger partial charge in [-0.2, -0.15) is 0 Å². The van der Waals surface area contributed by atoms with Crippen LogP contribution in [0.2, 0.25) is 0 Å². The lowest BCUT2D eigenvalue weighted by Crippen LogP contribution is -1.85. The van der Waals surface area contributed by atoms with Crippen LogP contribution < -0.4 is 5.73 Å². The summed E-state index contributed by atoms with van der Waals surface area (Å²) in [5, 5.41) is 0. The molecule has 0 unspecified atom stereocenters. The Kier molecular flexibility index (Phi) is 5.26. The number of rotatable bonds is 1. The molecule has 0 bridgehead atoms. The van der Waals surface area contributed by atoms with E-state index in [0.29, 0.717) is 11.7 Å². The standard InChI is InChI=1S/C7H7Cl.C5H6N2/c8-6-7-4-2-1-3-5-7;6-5-3-1-2-4-7-5/h1-5H,6H2;1-4H,(H2,6,7). The van der Waals surface area contributed by atoms with Crippen molar-refractivity contribution in [1.29, 1.82) is 0 Å². The first kappa shape index (κ1) is 11.5. The lowest BCUT2D eigenvalue weighted by Gasteiger charge is -1.88. The van der Waals surface area contributed by atoms with Crippen LogP contribution >= 0.6 is 11.6 Å². The number of benzene rings is 1. The molecular weight excluding hydrogens is 208 g/mol. The first-order valence-electron chi connectivity index (χ1n) is 4.59. The van der Waals surface area contributed by atoms with Crippen molar-refractivity contribution in [3.63, 3.8) is 0 Å². The summed E-state index contributed by atoms with van der Waals surface area (Å²) in [6.07, 6.45) is 1.66. The Balaban J connectivity index is 0.000000151. The fraction of sp³-hybridized carbons (Fsp3) is 0.0833. The van der Waals surface area contributed by atoms with Gasteiger partial charge in [-0.25, -0.2) is 4.98 Å². The summed E-state index contributed by atoms with van der Waals surface area (Å²) in [5.41, 5.74) is 6.42. The molecule has 2 nitrogen and oxygen atoms in total. The number of nitrogen functional groups attached to an aromatic ring is 1. The lowest BCUT2D eigenvalue weighted by molar-refractivity contribution is 1.34. The van der Waals surface area contributed by atoms with E-state index < -0.39 is 0 Å². The van der Waals surface area contributed by atoms with E-state index in [1.54, 1.807) is 12.3 Å². The highest BCUT2D eigenvalue weighted by Gasteiger charge is 1.81. The van der Waals surface area contributed by atoms with Crippen LogP contribution in [0.3, 0.4) is 0 Å². The van der Waals surface area contributed by atoms with Crippen molar-refractivity contribution in [2.75, 3.05) is 5.73 Å². The van der Waals surface area contributed by atoms with Crippen molar-refractivity contribution in [3.8, 4) is 0 Å². The fourth-order valence-electron chi connectivity index (χ4n) is 0.943. The Morgan fingerprint density at radius 2 is 1.67 bits per heavy atom. The summed E-state index contributed by atoms with van der Waals surface area (Å²) in [7, 11) is 0. The van der Waals surface area contributed by atoms with E-state index in [4.69, 9.17) is 17.3 Å². The van der Waals surface area contributed by atoms with Crippen LogP contribution in [-0.2, 0) is 5.88 Å². The molecular formula is C12H13ClN2. The van der Waals surface area contributed by atoms with Crippen LogP contribution in [0.25, 0.3) is 0 Å². The summed E-state index contributed by atoms with van der Waals surface area (Å²) in [4.78, 5) is 3.76. The summed E-state index contributed by atoms with van der Waals surface area (Å²) in [6.45, 7) is 0. The minimum absolute atomic E-state index is 0.572. The van der Waals surface area contributed by atoms with Gasteiger partial charge in [0.25, 0.3) is 0 Å². The van der Waals surface area contributed by atoms with Gasteiger partial charge in [-0.15, -0.1) is 11.6 Å². The maximum absolute atomic E-state index is 5.53. The van der Waals surface area contributed by atoms with Gasteiger partial charge >= 0.3 is 0 Å². The summed E-state index contributed by atoms with van der Waals surface area (Å²) in [6, 6.07) is 15.4. The maximum Gasteiger partial charge on any atom is 0.123 e. The normalized spacial score (nSPS) is 8.87. The highest BCUT2D eigenvalue weighted by Crippen LogP contribution is 2.00. The van der Waals surface area contributed by atoms with E-state index in [0.717, 1.165) is 0 Å². The van der Waals surface area contributed by atoms with E-state index in [1.165, 1.54) is 5.56 Å². The van der Waals surface area contributed by atoms with Gasteiger partial charge in [-0.05, 0) is 17.7 Å². The second kappa shape index (κ2) is 6.85. The highest BCUT2D eigenvalue weighted by molar-refractivity contribution is 6.17. The van der Waals surface area contributed by atoms with E-state index in [9.17, 15) is 0 Å². The molecule has 15 heavy (non-hydrogen) atoms. The van der Waals surface area contributed by atoms with Gasteiger partial charge in [0.15, 0.2) is 0 Å². The highest BCUT2D eigenvalue weighted by atomic mass is 35.5. The van der Waals surface area contributed by atoms with Gasteiger partial charge < -0.3 is 5.73 Å². The third kappa shape index (κ3) is 5.03. The van der Waals surface area contributed by atoms with Crippen LogP contribution in [0.1, 0.15) is 5.56 Å². The van der Waals surface area contributed by atoms with E-state index in [1.807, 2.05) is 42.5 Å². The first-order valence-corrected chi connectivity index (χ1v) is 5.13. The van der Waals surface area contributed by atoms with E-state index >= 15 is 0 Å². The number of hydrogen-bond acceptors (Lipinski definition) is 2. The zero-order valence-electron chi connectivity index (χ0n) is 8.31. The average Bonchev–Trinajstić information content (AvgIpc) is 2.32. The quantitative estimate of drug-likeness (QED) is 0.751. The number of pyridine rings is 1. The summed E-state index contributed by atoms with van der Waals surface area (Å²) in [5.74, 6) is 1.18. The van der Waals surface area contributed by atoms with Gasteiger partial charge in [0.1, 0.15) is 5.82 Å². The zero-order valence-corrected chi connectivity index (χ0v) is 9.06. The van der Waals surface area contributed by atoms with Gasteiger partial charge in [0.05, 0.1) is 0 Å². The molecule has 0 saturated heterocycles. The molecule has 2 rings (SSSR count). The predicted molar refractivity (Wildman–Crippen MR) is 64.6 cm³/mol. The molecule has 0 aliphatic heterocycles. The molecule has 0 aliphatic carbocycles. The first-order chi connectivity index (χ1) is 7.33. The van der Waals surface area contributed by atoms with Crippen LogP contribution in [-0.4, -0.2) is 4.98 Å². The number of aromatic nitrogens is 1. The zero-order chi connectivity index (χ0) is 10.9. The number of nitrogens with zero attached hydrogens (tertiary/aromatic N) is 1. The molecule has 2 N–H and O–H groups in total. The monoisotopic (exact) mass is 220 g/mol. The van der Waals surface area contributed by atoms with Crippen molar-refractivity contribution in [2.24, 2.45) is 0 Å². The Morgan fingerprint density at radius 3 is 2.00 bits per heavy atom. The molecule has 0 fully saturated rings. The maximum atomic E-state index is 5.53. The number of hydrogen-bond donors (Lipinski definition) is 1. The van der Waals surface area contributed by atoms with Crippen LogP contribution in [0.15, 0.2) is 54.7 Å². The summed E-state index contributed by atoms with van der Waals surface area (Å²) < 4.78 is 0. The van der Waals surface area contributed by atoms with Crippen molar-refractivity contribution in [3.05, 3.63) is 60.3 Å². The molecule has 2 aromatic rings. The molecule has 78 valence electrons. The van der Waals surface area contributed by atoms with Gasteiger partial charge in [0.2, 0.25) is 0 Å². The molecule has 0 radical (unpaired) electrons. The number of nitrogens with two attached hydrogens (primary N) is 1. The third-order valence-corrected chi connectivity index (χ3v) is 1.99. The molecule has 0 atom stereocenters. The molecule has 1 heterocycles. The van der Waals surface area contributed by atoms with E-state index in [-0.39, 0.29) is 0 Å². The molecule has 0 aliphatic rings. The third-order valence-electron chi connectivity index (χ3n) is 1.68. The SMILES string of the molecule is ClCc1ccccc1.Nc1ccccn1. The molecule has 3 heteroatoms. The molecule has 1 aromatic carbocycles. The fourth-order valence-corrected chi connectivity index (χ4v) is 1.12. The minimum atomic E-state index is 0.572. The van der Waals surface area contributed by atoms with Crippen molar-refractivity contribution >= 4 is 17.4 Å².